The fraction of sp³-hybridized carbons (Fsp3) is 0.579. The van der Waals surface area contributed by atoms with E-state index in [4.69, 9.17) is 4.74 Å². The molecule has 2 rings (SSSR count). The second kappa shape index (κ2) is 7.16. The molecule has 23 heavy (non-hydrogen) atoms. The molecule has 0 saturated heterocycles. The molecule has 0 radical (unpaired) electrons. The second-order valence-electron chi connectivity index (χ2n) is 7.39. The monoisotopic (exact) mass is 317 g/mol. The molecule has 4 heteroatoms. The van der Waals surface area contributed by atoms with Crippen molar-refractivity contribution in [2.75, 3.05) is 0 Å². The summed E-state index contributed by atoms with van der Waals surface area (Å²) >= 11 is 0. The molecule has 126 valence electrons. The average molecular weight is 317 g/mol. The van der Waals surface area contributed by atoms with Crippen LogP contribution in [0.15, 0.2) is 24.3 Å². The number of nitrogens with one attached hydrogen (secondary N) is 1. The molecule has 1 aromatic carbocycles. The second-order valence-corrected chi connectivity index (χ2v) is 7.39. The lowest BCUT2D eigenvalue weighted by Gasteiger charge is -2.24. The van der Waals surface area contributed by atoms with Gasteiger partial charge >= 0.3 is 6.09 Å². The van der Waals surface area contributed by atoms with E-state index >= 15 is 0 Å². The van der Waals surface area contributed by atoms with Crippen LogP contribution in [0.5, 0.6) is 0 Å². The van der Waals surface area contributed by atoms with Crippen LogP contribution in [-0.2, 0) is 4.74 Å². The summed E-state index contributed by atoms with van der Waals surface area (Å²) in [7, 11) is 0. The molecule has 0 aromatic heterocycles. The summed E-state index contributed by atoms with van der Waals surface area (Å²) in [6.45, 7) is 7.50. The molecule has 1 aliphatic carbocycles. The predicted molar refractivity (Wildman–Crippen MR) is 90.6 cm³/mol. The van der Waals surface area contributed by atoms with Gasteiger partial charge in [0.15, 0.2) is 5.78 Å². The van der Waals surface area contributed by atoms with E-state index in [0.29, 0.717) is 6.42 Å². The third kappa shape index (κ3) is 5.08. The van der Waals surface area contributed by atoms with Crippen LogP contribution in [0.1, 0.15) is 62.4 Å². The number of benzene rings is 1. The molecule has 1 amide bonds. The van der Waals surface area contributed by atoms with Gasteiger partial charge in [-0.15, -0.1) is 0 Å². The number of carbonyl (C=O) groups is 2. The van der Waals surface area contributed by atoms with Crippen molar-refractivity contribution in [3.8, 4) is 0 Å². The maximum atomic E-state index is 12.5. The van der Waals surface area contributed by atoms with E-state index in [2.05, 4.69) is 5.32 Å². The zero-order chi connectivity index (χ0) is 17.0. The van der Waals surface area contributed by atoms with Crippen LogP contribution >= 0.6 is 0 Å². The zero-order valence-electron chi connectivity index (χ0n) is 14.5. The first kappa shape index (κ1) is 17.5. The third-order valence-corrected chi connectivity index (χ3v) is 4.25. The summed E-state index contributed by atoms with van der Waals surface area (Å²) in [5.41, 5.74) is 1.29. The largest absolute Gasteiger partial charge is 0.444 e. The van der Waals surface area contributed by atoms with Crippen LogP contribution < -0.4 is 5.32 Å². The zero-order valence-corrected chi connectivity index (χ0v) is 14.5. The van der Waals surface area contributed by atoms with Gasteiger partial charge in [0, 0.05) is 18.0 Å². The van der Waals surface area contributed by atoms with Crippen molar-refractivity contribution < 1.29 is 14.3 Å². The van der Waals surface area contributed by atoms with Gasteiger partial charge in [-0.2, -0.15) is 0 Å². The van der Waals surface area contributed by atoms with Crippen LogP contribution in [0, 0.1) is 12.8 Å². The Morgan fingerprint density at radius 1 is 1.22 bits per heavy atom. The highest BCUT2D eigenvalue weighted by Gasteiger charge is 2.32. The topological polar surface area (TPSA) is 55.4 Å². The van der Waals surface area contributed by atoms with E-state index < -0.39 is 11.7 Å². The van der Waals surface area contributed by atoms with Crippen LogP contribution in [0.3, 0.4) is 0 Å². The molecule has 0 unspecified atom stereocenters. The molecular formula is C19H27NO3. The summed E-state index contributed by atoms with van der Waals surface area (Å²) < 4.78 is 5.32. The summed E-state index contributed by atoms with van der Waals surface area (Å²) in [5, 5.41) is 2.94. The number of carbonyl (C=O) groups excluding carboxylic acids is 2. The molecule has 1 aliphatic rings. The molecule has 4 nitrogen and oxygen atoms in total. The lowest BCUT2D eigenvalue weighted by atomic mass is 9.92. The average Bonchev–Trinajstić information content (AvgIpc) is 2.84. The first-order valence-electron chi connectivity index (χ1n) is 8.34. The molecule has 1 aromatic rings. The van der Waals surface area contributed by atoms with E-state index in [1.54, 1.807) is 0 Å². The SMILES string of the molecule is Cc1ccccc1C(=O)C[C@H]1CCC[C@H]1NC(=O)OC(C)(C)C. The molecule has 0 heterocycles. The molecule has 1 saturated carbocycles. The Hall–Kier alpha value is -1.84. The highest BCUT2D eigenvalue weighted by atomic mass is 16.6. The molecule has 0 spiro atoms. The van der Waals surface area contributed by atoms with Gasteiger partial charge in [-0.1, -0.05) is 30.7 Å². The maximum Gasteiger partial charge on any atom is 0.407 e. The standard InChI is InChI=1S/C19H27NO3/c1-13-8-5-6-10-15(13)17(21)12-14-9-7-11-16(14)20-18(22)23-19(2,3)4/h5-6,8,10,14,16H,7,9,11-12H2,1-4H3,(H,20,22)/t14-,16-/m1/s1. The summed E-state index contributed by atoms with van der Waals surface area (Å²) in [4.78, 5) is 24.5. The van der Waals surface area contributed by atoms with Crippen molar-refractivity contribution in [1.82, 2.24) is 5.32 Å². The lowest BCUT2D eigenvalue weighted by Crippen LogP contribution is -2.41. The summed E-state index contributed by atoms with van der Waals surface area (Å²) in [6.07, 6.45) is 3.00. The van der Waals surface area contributed by atoms with Gasteiger partial charge in [0.05, 0.1) is 0 Å². The van der Waals surface area contributed by atoms with E-state index in [9.17, 15) is 9.59 Å². The predicted octanol–water partition coefficient (Wildman–Crippen LogP) is 4.26. The Morgan fingerprint density at radius 2 is 1.91 bits per heavy atom. The van der Waals surface area contributed by atoms with Crippen molar-refractivity contribution in [3.63, 3.8) is 0 Å². The van der Waals surface area contributed by atoms with Gasteiger partial charge in [-0.05, 0) is 52.0 Å². The van der Waals surface area contributed by atoms with Crippen molar-refractivity contribution in [3.05, 3.63) is 35.4 Å². The van der Waals surface area contributed by atoms with Crippen LogP contribution in [0.25, 0.3) is 0 Å². The Labute approximate surface area is 138 Å². The van der Waals surface area contributed by atoms with Gasteiger partial charge in [0.25, 0.3) is 0 Å². The summed E-state index contributed by atoms with van der Waals surface area (Å²) in [5.74, 6) is 0.348. The molecule has 1 N–H and O–H groups in total. The molecule has 1 fully saturated rings. The Kier molecular flexibility index (Phi) is 5.45. The number of alkyl carbamates (subject to hydrolysis) is 1. The van der Waals surface area contributed by atoms with E-state index in [-0.39, 0.29) is 17.7 Å². The fourth-order valence-corrected chi connectivity index (χ4v) is 3.16. The van der Waals surface area contributed by atoms with Crippen molar-refractivity contribution in [2.45, 2.75) is 65.0 Å². The number of rotatable bonds is 4. The van der Waals surface area contributed by atoms with Gasteiger partial charge in [-0.25, -0.2) is 4.79 Å². The fourth-order valence-electron chi connectivity index (χ4n) is 3.16. The Balaban J connectivity index is 1.95. The number of aryl methyl sites for hydroxylation is 1. The highest BCUT2D eigenvalue weighted by molar-refractivity contribution is 5.97. The van der Waals surface area contributed by atoms with E-state index in [1.807, 2.05) is 52.0 Å². The first-order chi connectivity index (χ1) is 10.8. The minimum absolute atomic E-state index is 0.0258. The van der Waals surface area contributed by atoms with Crippen molar-refractivity contribution in [2.24, 2.45) is 5.92 Å². The van der Waals surface area contributed by atoms with E-state index in [0.717, 1.165) is 30.4 Å². The number of ether oxygens (including phenoxy) is 1. The van der Waals surface area contributed by atoms with Gasteiger partial charge in [0.2, 0.25) is 0 Å². The molecule has 0 bridgehead atoms. The van der Waals surface area contributed by atoms with Crippen LogP contribution in [0.2, 0.25) is 0 Å². The Morgan fingerprint density at radius 3 is 2.57 bits per heavy atom. The first-order valence-corrected chi connectivity index (χ1v) is 8.34. The minimum Gasteiger partial charge on any atom is -0.444 e. The van der Waals surface area contributed by atoms with Crippen molar-refractivity contribution in [1.29, 1.82) is 0 Å². The maximum absolute atomic E-state index is 12.5. The van der Waals surface area contributed by atoms with Crippen LogP contribution in [0.4, 0.5) is 4.79 Å². The van der Waals surface area contributed by atoms with Gasteiger partial charge < -0.3 is 10.1 Å². The number of amides is 1. The Bertz CT molecular complexity index is 574. The van der Waals surface area contributed by atoms with Crippen LogP contribution in [-0.4, -0.2) is 23.5 Å². The number of hydrogen-bond acceptors (Lipinski definition) is 3. The minimum atomic E-state index is -0.505. The number of ketones is 1. The number of hydrogen-bond donors (Lipinski definition) is 1. The smallest absolute Gasteiger partial charge is 0.407 e. The lowest BCUT2D eigenvalue weighted by molar-refractivity contribution is 0.0489. The highest BCUT2D eigenvalue weighted by Crippen LogP contribution is 2.30. The van der Waals surface area contributed by atoms with Crippen molar-refractivity contribution >= 4 is 11.9 Å². The van der Waals surface area contributed by atoms with Gasteiger partial charge in [-0.3, -0.25) is 4.79 Å². The van der Waals surface area contributed by atoms with E-state index in [1.165, 1.54) is 0 Å². The third-order valence-electron chi connectivity index (χ3n) is 4.25. The number of Topliss-reactive ketones (excluding diaryl/α,β-unsaturated/α-hetero) is 1. The molecule has 2 atom stereocenters. The molecule has 0 aliphatic heterocycles. The normalized spacial score (nSPS) is 21.0. The summed E-state index contributed by atoms with van der Waals surface area (Å²) in [6, 6.07) is 7.69. The quantitative estimate of drug-likeness (QED) is 0.844. The van der Waals surface area contributed by atoms with Gasteiger partial charge in [0.1, 0.15) is 5.60 Å². The molecular weight excluding hydrogens is 290 g/mol.